The summed E-state index contributed by atoms with van der Waals surface area (Å²) in [5, 5.41) is 2.99. The van der Waals surface area contributed by atoms with Crippen molar-refractivity contribution in [3.8, 4) is 11.1 Å². The summed E-state index contributed by atoms with van der Waals surface area (Å²) in [5.74, 6) is 0. The summed E-state index contributed by atoms with van der Waals surface area (Å²) in [6.07, 6.45) is 0. The van der Waals surface area contributed by atoms with Crippen LogP contribution >= 0.6 is 0 Å². The van der Waals surface area contributed by atoms with Crippen LogP contribution in [0.2, 0.25) is 0 Å². The lowest BCUT2D eigenvalue weighted by atomic mass is 10.1. The van der Waals surface area contributed by atoms with Gasteiger partial charge in [0.1, 0.15) is 0 Å². The highest BCUT2D eigenvalue weighted by atomic mass is 16.1. The molecule has 0 aliphatic heterocycles. The average Bonchev–Trinajstić information content (AvgIpc) is 2.44. The minimum Gasteiger partial charge on any atom is -0.300 e. The highest BCUT2D eigenvalue weighted by molar-refractivity contribution is 5.65. The second kappa shape index (κ2) is 3.42. The van der Waals surface area contributed by atoms with Gasteiger partial charge in [0.2, 0.25) is 0 Å². The Morgan fingerprint density at radius 1 is 1.13 bits per heavy atom. The van der Waals surface area contributed by atoms with Gasteiger partial charge in [-0.1, -0.05) is 29.8 Å². The van der Waals surface area contributed by atoms with Crippen molar-refractivity contribution in [2.24, 2.45) is 7.05 Å². The number of nitrogens with zero attached hydrogens (tertiary/aromatic N) is 1. The van der Waals surface area contributed by atoms with E-state index < -0.39 is 0 Å². The topological polar surface area (TPSA) is 37.8 Å². The zero-order valence-electron chi connectivity index (χ0n) is 9.16. The molecule has 3 heteroatoms. The average molecular weight is 202 g/mol. The Labute approximate surface area is 88.4 Å². The number of hydrogen-bond acceptors (Lipinski definition) is 1. The largest absolute Gasteiger partial charge is 0.300 e. The molecule has 1 aromatic heterocycles. The third kappa shape index (κ3) is 1.61. The minimum absolute atomic E-state index is 0.0244. The summed E-state index contributed by atoms with van der Waals surface area (Å²) < 4.78 is 1.50. The minimum atomic E-state index is 0.0244. The number of aromatic amines is 1. The normalized spacial score (nSPS) is 10.6. The van der Waals surface area contributed by atoms with Gasteiger partial charge >= 0.3 is 0 Å². The van der Waals surface area contributed by atoms with Crippen LogP contribution in [-0.4, -0.2) is 9.78 Å². The van der Waals surface area contributed by atoms with E-state index in [0.29, 0.717) is 0 Å². The molecule has 0 saturated heterocycles. The monoisotopic (exact) mass is 202 g/mol. The van der Waals surface area contributed by atoms with Crippen LogP contribution in [0.5, 0.6) is 0 Å². The summed E-state index contributed by atoms with van der Waals surface area (Å²) in [5.41, 5.74) is 3.86. The fraction of sp³-hybridized carbons (Fsp3) is 0.250. The summed E-state index contributed by atoms with van der Waals surface area (Å²) in [6.45, 7) is 3.95. The summed E-state index contributed by atoms with van der Waals surface area (Å²) in [6, 6.07) is 7.99. The number of nitrogens with one attached hydrogen (secondary N) is 1. The van der Waals surface area contributed by atoms with E-state index in [1.807, 2.05) is 38.1 Å². The van der Waals surface area contributed by atoms with Crippen LogP contribution in [0.25, 0.3) is 11.1 Å². The standard InChI is InChI=1S/C12H14N2O/c1-8-4-6-10(7-5-8)11-9(2)13-14(3)12(11)15/h4-7,13H,1-3H3. The van der Waals surface area contributed by atoms with Gasteiger partial charge in [-0.3, -0.25) is 14.6 Å². The number of rotatable bonds is 1. The molecule has 15 heavy (non-hydrogen) atoms. The summed E-state index contributed by atoms with van der Waals surface area (Å²) in [7, 11) is 1.73. The van der Waals surface area contributed by atoms with Crippen LogP contribution in [-0.2, 0) is 7.05 Å². The van der Waals surface area contributed by atoms with Crippen LogP contribution in [0.3, 0.4) is 0 Å². The molecule has 1 heterocycles. The van der Waals surface area contributed by atoms with Crippen molar-refractivity contribution < 1.29 is 0 Å². The first-order valence-electron chi connectivity index (χ1n) is 4.92. The lowest BCUT2D eigenvalue weighted by molar-refractivity contribution is 0.731. The van der Waals surface area contributed by atoms with E-state index in [1.54, 1.807) is 7.05 Å². The first kappa shape index (κ1) is 9.77. The molecular weight excluding hydrogens is 188 g/mol. The zero-order valence-corrected chi connectivity index (χ0v) is 9.16. The van der Waals surface area contributed by atoms with Crippen LogP contribution in [0.15, 0.2) is 29.1 Å². The SMILES string of the molecule is Cc1ccc(-c2c(C)[nH]n(C)c2=O)cc1. The van der Waals surface area contributed by atoms with Crippen molar-refractivity contribution in [3.05, 3.63) is 45.9 Å². The van der Waals surface area contributed by atoms with Gasteiger partial charge in [0.25, 0.3) is 5.56 Å². The van der Waals surface area contributed by atoms with Crippen LogP contribution in [0.1, 0.15) is 11.3 Å². The van der Waals surface area contributed by atoms with Gasteiger partial charge in [-0.2, -0.15) is 0 Å². The third-order valence-corrected chi connectivity index (χ3v) is 2.57. The van der Waals surface area contributed by atoms with Crippen LogP contribution in [0.4, 0.5) is 0 Å². The molecule has 2 rings (SSSR count). The van der Waals surface area contributed by atoms with Gasteiger partial charge in [-0.15, -0.1) is 0 Å². The van der Waals surface area contributed by atoms with Crippen molar-refractivity contribution in [2.75, 3.05) is 0 Å². The van der Waals surface area contributed by atoms with Crippen LogP contribution < -0.4 is 5.56 Å². The molecule has 0 spiro atoms. The third-order valence-electron chi connectivity index (χ3n) is 2.57. The van der Waals surface area contributed by atoms with E-state index in [0.717, 1.165) is 16.8 Å². The van der Waals surface area contributed by atoms with Crippen LogP contribution in [0, 0.1) is 13.8 Å². The zero-order chi connectivity index (χ0) is 11.0. The maximum atomic E-state index is 11.8. The highest BCUT2D eigenvalue weighted by Gasteiger charge is 2.10. The molecule has 1 aromatic carbocycles. The van der Waals surface area contributed by atoms with Crippen molar-refractivity contribution in [1.29, 1.82) is 0 Å². The predicted octanol–water partition coefficient (Wildman–Crippen LogP) is 2.00. The number of aromatic nitrogens is 2. The Morgan fingerprint density at radius 2 is 1.73 bits per heavy atom. The number of benzene rings is 1. The van der Waals surface area contributed by atoms with Crippen molar-refractivity contribution in [2.45, 2.75) is 13.8 Å². The number of hydrogen-bond donors (Lipinski definition) is 1. The van der Waals surface area contributed by atoms with Gasteiger partial charge in [-0.25, -0.2) is 0 Å². The van der Waals surface area contributed by atoms with E-state index in [1.165, 1.54) is 10.2 Å². The smallest absolute Gasteiger partial charge is 0.274 e. The fourth-order valence-electron chi connectivity index (χ4n) is 1.75. The molecular formula is C12H14N2O. The van der Waals surface area contributed by atoms with E-state index in [4.69, 9.17) is 0 Å². The molecule has 3 nitrogen and oxygen atoms in total. The molecule has 0 aliphatic carbocycles. The van der Waals surface area contributed by atoms with Gasteiger partial charge in [0, 0.05) is 12.7 Å². The maximum absolute atomic E-state index is 11.8. The molecule has 0 fully saturated rings. The van der Waals surface area contributed by atoms with E-state index in [9.17, 15) is 4.79 Å². The van der Waals surface area contributed by atoms with E-state index in [2.05, 4.69) is 5.10 Å². The molecule has 2 aromatic rings. The van der Waals surface area contributed by atoms with Gasteiger partial charge in [0.15, 0.2) is 0 Å². The highest BCUT2D eigenvalue weighted by Crippen LogP contribution is 2.18. The van der Waals surface area contributed by atoms with Gasteiger partial charge in [-0.05, 0) is 19.4 Å². The molecule has 0 bridgehead atoms. The molecule has 0 aliphatic rings. The number of aryl methyl sites for hydroxylation is 3. The number of H-pyrrole nitrogens is 1. The van der Waals surface area contributed by atoms with E-state index in [-0.39, 0.29) is 5.56 Å². The Bertz CT molecular complexity index is 532. The first-order valence-corrected chi connectivity index (χ1v) is 4.92. The molecule has 1 N–H and O–H groups in total. The van der Waals surface area contributed by atoms with Gasteiger partial charge < -0.3 is 0 Å². The molecule has 0 radical (unpaired) electrons. The molecule has 0 amide bonds. The Morgan fingerprint density at radius 3 is 2.20 bits per heavy atom. The second-order valence-corrected chi connectivity index (χ2v) is 3.84. The summed E-state index contributed by atoms with van der Waals surface area (Å²) in [4.78, 5) is 11.8. The quantitative estimate of drug-likeness (QED) is 0.754. The molecule has 0 unspecified atom stereocenters. The molecule has 0 atom stereocenters. The Hall–Kier alpha value is -1.77. The van der Waals surface area contributed by atoms with Crippen molar-refractivity contribution in [3.63, 3.8) is 0 Å². The van der Waals surface area contributed by atoms with E-state index >= 15 is 0 Å². The fourth-order valence-corrected chi connectivity index (χ4v) is 1.75. The lowest BCUT2D eigenvalue weighted by Gasteiger charge is -1.98. The molecule has 78 valence electrons. The first-order chi connectivity index (χ1) is 7.09. The summed E-state index contributed by atoms with van der Waals surface area (Å²) >= 11 is 0. The van der Waals surface area contributed by atoms with Crippen molar-refractivity contribution in [1.82, 2.24) is 9.78 Å². The van der Waals surface area contributed by atoms with Crippen molar-refractivity contribution >= 4 is 0 Å². The molecule has 0 saturated carbocycles. The second-order valence-electron chi connectivity index (χ2n) is 3.84. The van der Waals surface area contributed by atoms with Gasteiger partial charge in [0.05, 0.1) is 5.56 Å². The lowest BCUT2D eigenvalue weighted by Crippen LogP contribution is -2.13. The Balaban J connectivity index is 2.64. The predicted molar refractivity (Wildman–Crippen MR) is 60.9 cm³/mol. The maximum Gasteiger partial charge on any atom is 0.274 e. The Kier molecular flexibility index (Phi) is 2.23.